The molecule has 17 heavy (non-hydrogen) atoms. The van der Waals surface area contributed by atoms with E-state index in [1.807, 2.05) is 0 Å². The molecule has 1 aliphatic rings. The van der Waals surface area contributed by atoms with Crippen molar-refractivity contribution in [3.63, 3.8) is 0 Å². The average Bonchev–Trinajstić information content (AvgIpc) is 2.31. The van der Waals surface area contributed by atoms with Crippen LogP contribution in [0, 0.1) is 17.5 Å². The van der Waals surface area contributed by atoms with Gasteiger partial charge in [0.15, 0.2) is 17.5 Å². The molecule has 2 rings (SSSR count). The van der Waals surface area contributed by atoms with E-state index >= 15 is 0 Å². The molecule has 0 N–H and O–H groups in total. The normalized spacial score (nSPS) is 20.8. The molecule has 1 unspecified atom stereocenters. The lowest BCUT2D eigenvalue weighted by Crippen LogP contribution is -2.42. The van der Waals surface area contributed by atoms with E-state index in [1.54, 1.807) is 0 Å². The van der Waals surface area contributed by atoms with Crippen LogP contribution >= 0.6 is 15.9 Å². The van der Waals surface area contributed by atoms with Crippen LogP contribution in [-0.4, -0.2) is 17.3 Å². The average molecular weight is 308 g/mol. The highest BCUT2D eigenvalue weighted by molar-refractivity contribution is 9.10. The van der Waals surface area contributed by atoms with Gasteiger partial charge in [0.05, 0.1) is 10.5 Å². The first-order chi connectivity index (χ1) is 8.02. The summed E-state index contributed by atoms with van der Waals surface area (Å²) in [5.74, 6) is -4.46. The van der Waals surface area contributed by atoms with Crippen LogP contribution in [0.2, 0.25) is 0 Å². The number of carbonyl (C=O) groups excluding carboxylic acids is 1. The summed E-state index contributed by atoms with van der Waals surface area (Å²) in [6.07, 6.45) is 1.33. The molecule has 1 aliphatic heterocycles. The van der Waals surface area contributed by atoms with E-state index < -0.39 is 22.3 Å². The maximum absolute atomic E-state index is 13.5. The lowest BCUT2D eigenvalue weighted by Gasteiger charge is -2.30. The second-order valence-electron chi connectivity index (χ2n) is 3.79. The fraction of sp³-hybridized carbons (Fsp3) is 0.364. The molecular weight excluding hydrogens is 299 g/mol. The van der Waals surface area contributed by atoms with Gasteiger partial charge in [0.1, 0.15) is 0 Å². The smallest absolute Gasteiger partial charge is 0.240 e. The number of hydrogen-bond donors (Lipinski definition) is 0. The standard InChI is InChI=1S/C11H9BrF3NO/c12-6-2-1-5-16(11(6)17)8-4-3-7(13)9(14)10(8)15/h3-4,6H,1-2,5H2. The third kappa shape index (κ3) is 2.18. The van der Waals surface area contributed by atoms with Gasteiger partial charge in [-0.25, -0.2) is 13.2 Å². The fourth-order valence-electron chi connectivity index (χ4n) is 1.79. The van der Waals surface area contributed by atoms with Crippen molar-refractivity contribution < 1.29 is 18.0 Å². The molecule has 92 valence electrons. The molecule has 1 aromatic rings. The second-order valence-corrected chi connectivity index (χ2v) is 4.90. The number of rotatable bonds is 1. The largest absolute Gasteiger partial charge is 0.309 e. The Kier molecular flexibility index (Phi) is 3.42. The molecule has 1 fully saturated rings. The van der Waals surface area contributed by atoms with E-state index in [-0.39, 0.29) is 11.6 Å². The van der Waals surface area contributed by atoms with E-state index in [9.17, 15) is 18.0 Å². The van der Waals surface area contributed by atoms with E-state index in [1.165, 1.54) is 0 Å². The summed E-state index contributed by atoms with van der Waals surface area (Å²) in [7, 11) is 0. The van der Waals surface area contributed by atoms with E-state index in [2.05, 4.69) is 15.9 Å². The first kappa shape index (κ1) is 12.4. The van der Waals surface area contributed by atoms with Crippen molar-refractivity contribution in [1.29, 1.82) is 0 Å². The molecule has 1 atom stereocenters. The highest BCUT2D eigenvalue weighted by Crippen LogP contribution is 2.28. The Morgan fingerprint density at radius 1 is 1.24 bits per heavy atom. The van der Waals surface area contributed by atoms with Crippen LogP contribution in [0.3, 0.4) is 0 Å². The van der Waals surface area contributed by atoms with Crippen molar-refractivity contribution in [3.05, 3.63) is 29.6 Å². The van der Waals surface area contributed by atoms with Crippen molar-refractivity contribution in [2.75, 3.05) is 11.4 Å². The Labute approximate surface area is 105 Å². The number of benzene rings is 1. The molecule has 1 amide bonds. The third-order valence-electron chi connectivity index (χ3n) is 2.68. The predicted octanol–water partition coefficient (Wildman–Crippen LogP) is 2.99. The quantitative estimate of drug-likeness (QED) is 0.577. The van der Waals surface area contributed by atoms with Gasteiger partial charge in [0.2, 0.25) is 5.91 Å². The number of piperidine rings is 1. The van der Waals surface area contributed by atoms with E-state index in [0.717, 1.165) is 17.0 Å². The van der Waals surface area contributed by atoms with Crippen LogP contribution in [0.4, 0.5) is 18.9 Å². The maximum atomic E-state index is 13.5. The van der Waals surface area contributed by atoms with Gasteiger partial charge in [-0.1, -0.05) is 15.9 Å². The van der Waals surface area contributed by atoms with Crippen LogP contribution in [0.15, 0.2) is 12.1 Å². The van der Waals surface area contributed by atoms with Gasteiger partial charge >= 0.3 is 0 Å². The molecule has 6 heteroatoms. The summed E-state index contributed by atoms with van der Waals surface area (Å²) in [5, 5.41) is 0. The van der Waals surface area contributed by atoms with Gasteiger partial charge in [-0.15, -0.1) is 0 Å². The Bertz CT molecular complexity index is 466. The monoisotopic (exact) mass is 307 g/mol. The topological polar surface area (TPSA) is 20.3 Å². The Morgan fingerprint density at radius 2 is 1.94 bits per heavy atom. The minimum atomic E-state index is -1.55. The number of amides is 1. The van der Waals surface area contributed by atoms with Gasteiger partial charge in [0.25, 0.3) is 0 Å². The number of nitrogens with zero attached hydrogens (tertiary/aromatic N) is 1. The van der Waals surface area contributed by atoms with Crippen LogP contribution in [0.1, 0.15) is 12.8 Å². The zero-order valence-corrected chi connectivity index (χ0v) is 10.3. The van der Waals surface area contributed by atoms with Crippen molar-refractivity contribution in [3.8, 4) is 0 Å². The van der Waals surface area contributed by atoms with Crippen molar-refractivity contribution >= 4 is 27.5 Å². The summed E-state index contributed by atoms with van der Waals surface area (Å²) in [4.78, 5) is 12.5. The van der Waals surface area contributed by atoms with Gasteiger partial charge in [0, 0.05) is 6.54 Å². The minimum Gasteiger partial charge on any atom is -0.309 e. The number of anilines is 1. The summed E-state index contributed by atoms with van der Waals surface area (Å²) in [6, 6.07) is 1.90. The molecule has 0 aromatic heterocycles. The second kappa shape index (κ2) is 4.68. The summed E-state index contributed by atoms with van der Waals surface area (Å²) in [5.41, 5.74) is -0.210. The maximum Gasteiger partial charge on any atom is 0.240 e. The SMILES string of the molecule is O=C1C(Br)CCCN1c1ccc(F)c(F)c1F. The van der Waals surface area contributed by atoms with E-state index in [4.69, 9.17) is 0 Å². The predicted molar refractivity (Wildman–Crippen MR) is 60.6 cm³/mol. The minimum absolute atomic E-state index is 0.210. The molecule has 1 saturated heterocycles. The number of halogens is 4. The van der Waals surface area contributed by atoms with Crippen LogP contribution in [0.25, 0.3) is 0 Å². The summed E-state index contributed by atoms with van der Waals surface area (Å²) >= 11 is 3.17. The molecule has 0 radical (unpaired) electrons. The number of carbonyl (C=O) groups is 1. The van der Waals surface area contributed by atoms with Crippen LogP contribution in [-0.2, 0) is 4.79 Å². The molecule has 2 nitrogen and oxygen atoms in total. The van der Waals surface area contributed by atoms with Crippen molar-refractivity contribution in [2.24, 2.45) is 0 Å². The molecule has 0 bridgehead atoms. The summed E-state index contributed by atoms with van der Waals surface area (Å²) < 4.78 is 39.4. The lowest BCUT2D eigenvalue weighted by molar-refractivity contribution is -0.118. The highest BCUT2D eigenvalue weighted by Gasteiger charge is 2.30. The summed E-state index contributed by atoms with van der Waals surface area (Å²) in [6.45, 7) is 0.308. The number of alkyl halides is 1. The van der Waals surface area contributed by atoms with Gasteiger partial charge in [-0.05, 0) is 25.0 Å². The molecule has 1 aromatic carbocycles. The van der Waals surface area contributed by atoms with Gasteiger partial charge < -0.3 is 4.90 Å². The molecule has 0 spiro atoms. The fourth-order valence-corrected chi connectivity index (χ4v) is 2.37. The van der Waals surface area contributed by atoms with Gasteiger partial charge in [-0.2, -0.15) is 0 Å². The molecular formula is C11H9BrF3NO. The van der Waals surface area contributed by atoms with E-state index in [0.29, 0.717) is 19.4 Å². The zero-order valence-electron chi connectivity index (χ0n) is 8.72. The lowest BCUT2D eigenvalue weighted by atomic mass is 10.1. The molecule has 0 saturated carbocycles. The van der Waals surface area contributed by atoms with Crippen LogP contribution in [0.5, 0.6) is 0 Å². The molecule has 0 aliphatic carbocycles. The Hall–Kier alpha value is -1.04. The van der Waals surface area contributed by atoms with Crippen molar-refractivity contribution in [1.82, 2.24) is 0 Å². The Morgan fingerprint density at radius 3 is 2.65 bits per heavy atom. The highest BCUT2D eigenvalue weighted by atomic mass is 79.9. The van der Waals surface area contributed by atoms with Crippen LogP contribution < -0.4 is 4.90 Å². The third-order valence-corrected chi connectivity index (χ3v) is 3.53. The molecule has 1 heterocycles. The van der Waals surface area contributed by atoms with Crippen molar-refractivity contribution in [2.45, 2.75) is 17.7 Å². The first-order valence-electron chi connectivity index (χ1n) is 5.11. The number of hydrogen-bond acceptors (Lipinski definition) is 1. The van der Waals surface area contributed by atoms with Gasteiger partial charge in [-0.3, -0.25) is 4.79 Å². The first-order valence-corrected chi connectivity index (χ1v) is 6.03. The Balaban J connectivity index is 2.40. The zero-order chi connectivity index (χ0) is 12.6.